The van der Waals surface area contributed by atoms with Gasteiger partial charge in [-0.25, -0.2) is 9.97 Å². The summed E-state index contributed by atoms with van der Waals surface area (Å²) in [6.45, 7) is 5.09. The Morgan fingerprint density at radius 1 is 1.40 bits per heavy atom. The van der Waals surface area contributed by atoms with Gasteiger partial charge < -0.3 is 10.4 Å². The van der Waals surface area contributed by atoms with Gasteiger partial charge in [-0.2, -0.15) is 0 Å². The maximum absolute atomic E-state index is 8.75. The van der Waals surface area contributed by atoms with Crippen LogP contribution in [0.1, 0.15) is 19.7 Å². The predicted octanol–water partition coefficient (Wildman–Crippen LogP) is 1.56. The predicted molar refractivity (Wildman–Crippen MR) is 63.4 cm³/mol. The van der Waals surface area contributed by atoms with Crippen molar-refractivity contribution in [2.45, 2.75) is 25.3 Å². The molecule has 0 saturated carbocycles. The minimum Gasteiger partial charge on any atom is -0.396 e. The normalized spacial score (nSPS) is 10.3. The molecule has 84 valence electrons. The van der Waals surface area contributed by atoms with E-state index in [1.165, 1.54) is 0 Å². The van der Waals surface area contributed by atoms with E-state index in [1.807, 2.05) is 19.9 Å². The SMILES string of the molecule is CCNc1cc(SCCO)nc(CC)n1. The zero-order valence-electron chi connectivity index (χ0n) is 9.16. The molecule has 0 spiro atoms. The second kappa shape index (κ2) is 6.63. The molecule has 0 aliphatic heterocycles. The zero-order valence-corrected chi connectivity index (χ0v) is 9.97. The van der Waals surface area contributed by atoms with Gasteiger partial charge in [-0.1, -0.05) is 6.92 Å². The summed E-state index contributed by atoms with van der Waals surface area (Å²) in [5, 5.41) is 12.8. The number of aromatic nitrogens is 2. The van der Waals surface area contributed by atoms with E-state index in [4.69, 9.17) is 5.11 Å². The van der Waals surface area contributed by atoms with Crippen LogP contribution in [0.15, 0.2) is 11.1 Å². The van der Waals surface area contributed by atoms with Gasteiger partial charge in [-0.05, 0) is 6.92 Å². The number of nitrogens with zero attached hydrogens (tertiary/aromatic N) is 2. The molecule has 0 aliphatic rings. The molecule has 0 unspecified atom stereocenters. The monoisotopic (exact) mass is 227 g/mol. The number of nitrogens with one attached hydrogen (secondary N) is 1. The lowest BCUT2D eigenvalue weighted by atomic mass is 10.4. The van der Waals surface area contributed by atoms with Crippen LogP contribution in [0.4, 0.5) is 5.82 Å². The highest BCUT2D eigenvalue weighted by Crippen LogP contribution is 2.18. The second-order valence-electron chi connectivity index (χ2n) is 2.96. The van der Waals surface area contributed by atoms with Crippen molar-refractivity contribution >= 4 is 17.6 Å². The summed E-state index contributed by atoms with van der Waals surface area (Å²) in [6.07, 6.45) is 0.825. The van der Waals surface area contributed by atoms with Crippen molar-refractivity contribution < 1.29 is 5.11 Å². The first-order valence-electron chi connectivity index (χ1n) is 5.15. The average molecular weight is 227 g/mol. The van der Waals surface area contributed by atoms with E-state index < -0.39 is 0 Å². The van der Waals surface area contributed by atoms with Gasteiger partial charge in [-0.15, -0.1) is 11.8 Å². The number of anilines is 1. The van der Waals surface area contributed by atoms with Crippen molar-refractivity contribution in [3.63, 3.8) is 0 Å². The van der Waals surface area contributed by atoms with Gasteiger partial charge in [0.15, 0.2) is 0 Å². The second-order valence-corrected chi connectivity index (χ2v) is 4.08. The highest BCUT2D eigenvalue weighted by Gasteiger charge is 2.02. The molecule has 5 heteroatoms. The molecule has 0 atom stereocenters. The van der Waals surface area contributed by atoms with Crippen molar-refractivity contribution in [1.82, 2.24) is 9.97 Å². The summed E-state index contributed by atoms with van der Waals surface area (Å²) >= 11 is 1.55. The van der Waals surface area contributed by atoms with Gasteiger partial charge in [0.05, 0.1) is 6.61 Å². The minimum absolute atomic E-state index is 0.173. The molecule has 2 N–H and O–H groups in total. The van der Waals surface area contributed by atoms with Crippen LogP contribution in [0.25, 0.3) is 0 Å². The average Bonchev–Trinajstić information content (AvgIpc) is 2.26. The minimum atomic E-state index is 0.173. The van der Waals surface area contributed by atoms with Crippen LogP contribution in [-0.2, 0) is 6.42 Å². The lowest BCUT2D eigenvalue weighted by Crippen LogP contribution is -2.04. The number of hydrogen-bond acceptors (Lipinski definition) is 5. The van der Waals surface area contributed by atoms with Gasteiger partial charge in [0.25, 0.3) is 0 Å². The van der Waals surface area contributed by atoms with Gasteiger partial charge >= 0.3 is 0 Å². The molecular weight excluding hydrogens is 210 g/mol. The molecule has 1 heterocycles. The Bertz CT molecular complexity index is 307. The summed E-state index contributed by atoms with van der Waals surface area (Å²) in [7, 11) is 0. The Balaban J connectivity index is 2.79. The van der Waals surface area contributed by atoms with Crippen molar-refractivity contribution in [3.8, 4) is 0 Å². The number of aliphatic hydroxyl groups excluding tert-OH is 1. The van der Waals surface area contributed by atoms with Crippen LogP contribution in [0.2, 0.25) is 0 Å². The van der Waals surface area contributed by atoms with Crippen molar-refractivity contribution in [2.24, 2.45) is 0 Å². The van der Waals surface area contributed by atoms with Gasteiger partial charge in [0.2, 0.25) is 0 Å². The molecule has 1 aromatic heterocycles. The summed E-state index contributed by atoms with van der Waals surface area (Å²) < 4.78 is 0. The molecule has 1 aromatic rings. The Labute approximate surface area is 94.5 Å². The third kappa shape index (κ3) is 4.05. The van der Waals surface area contributed by atoms with Crippen LogP contribution in [0.5, 0.6) is 0 Å². The number of aryl methyl sites for hydroxylation is 1. The van der Waals surface area contributed by atoms with E-state index in [0.29, 0.717) is 5.75 Å². The zero-order chi connectivity index (χ0) is 11.1. The maximum Gasteiger partial charge on any atom is 0.131 e. The molecule has 1 rings (SSSR count). The largest absolute Gasteiger partial charge is 0.396 e. The lowest BCUT2D eigenvalue weighted by Gasteiger charge is -2.06. The van der Waals surface area contributed by atoms with Crippen molar-refractivity contribution in [1.29, 1.82) is 0 Å². The Hall–Kier alpha value is -0.810. The van der Waals surface area contributed by atoms with Crippen LogP contribution < -0.4 is 5.32 Å². The summed E-state index contributed by atoms with van der Waals surface area (Å²) in [5.74, 6) is 2.38. The first-order chi connectivity index (χ1) is 7.30. The molecule has 0 saturated heterocycles. The fourth-order valence-electron chi connectivity index (χ4n) is 1.13. The number of hydrogen-bond donors (Lipinski definition) is 2. The number of aliphatic hydroxyl groups is 1. The van der Waals surface area contributed by atoms with E-state index in [2.05, 4.69) is 15.3 Å². The van der Waals surface area contributed by atoms with E-state index in [-0.39, 0.29) is 6.61 Å². The van der Waals surface area contributed by atoms with E-state index >= 15 is 0 Å². The standard InChI is InChI=1S/C10H17N3OS/c1-3-8-12-9(11-4-2)7-10(13-8)15-6-5-14/h7,14H,3-6H2,1-2H3,(H,11,12,13). The Kier molecular flexibility index (Phi) is 5.42. The summed E-state index contributed by atoms with van der Waals surface area (Å²) in [5.41, 5.74) is 0. The molecular formula is C10H17N3OS. The number of rotatable bonds is 6. The van der Waals surface area contributed by atoms with E-state index in [1.54, 1.807) is 11.8 Å². The van der Waals surface area contributed by atoms with Gasteiger partial charge in [-0.3, -0.25) is 0 Å². The maximum atomic E-state index is 8.75. The van der Waals surface area contributed by atoms with E-state index in [9.17, 15) is 0 Å². The Morgan fingerprint density at radius 2 is 2.20 bits per heavy atom. The van der Waals surface area contributed by atoms with E-state index in [0.717, 1.165) is 29.6 Å². The Morgan fingerprint density at radius 3 is 2.80 bits per heavy atom. The molecule has 4 nitrogen and oxygen atoms in total. The highest BCUT2D eigenvalue weighted by atomic mass is 32.2. The highest BCUT2D eigenvalue weighted by molar-refractivity contribution is 7.99. The molecule has 0 fully saturated rings. The van der Waals surface area contributed by atoms with Gasteiger partial charge in [0.1, 0.15) is 16.7 Å². The third-order valence-corrected chi connectivity index (χ3v) is 2.66. The van der Waals surface area contributed by atoms with Crippen LogP contribution >= 0.6 is 11.8 Å². The lowest BCUT2D eigenvalue weighted by molar-refractivity contribution is 0.322. The molecule has 0 aliphatic carbocycles. The van der Waals surface area contributed by atoms with Crippen LogP contribution in [-0.4, -0.2) is 34.0 Å². The molecule has 15 heavy (non-hydrogen) atoms. The smallest absolute Gasteiger partial charge is 0.131 e. The van der Waals surface area contributed by atoms with Crippen molar-refractivity contribution in [2.75, 3.05) is 24.2 Å². The van der Waals surface area contributed by atoms with Gasteiger partial charge in [0, 0.05) is 24.8 Å². The number of thioether (sulfide) groups is 1. The molecule has 0 radical (unpaired) electrons. The topological polar surface area (TPSA) is 58.0 Å². The fourth-order valence-corrected chi connectivity index (χ4v) is 1.79. The fraction of sp³-hybridized carbons (Fsp3) is 0.600. The first-order valence-corrected chi connectivity index (χ1v) is 6.14. The van der Waals surface area contributed by atoms with Crippen molar-refractivity contribution in [3.05, 3.63) is 11.9 Å². The summed E-state index contributed by atoms with van der Waals surface area (Å²) in [4.78, 5) is 8.72. The quantitative estimate of drug-likeness (QED) is 0.570. The summed E-state index contributed by atoms with van der Waals surface area (Å²) in [6, 6.07) is 1.92. The van der Waals surface area contributed by atoms with Crippen LogP contribution in [0, 0.1) is 0 Å². The first kappa shape index (κ1) is 12.3. The third-order valence-electron chi connectivity index (χ3n) is 1.76. The molecule has 0 aromatic carbocycles. The molecule has 0 bridgehead atoms. The van der Waals surface area contributed by atoms with Crippen LogP contribution in [0.3, 0.4) is 0 Å². The molecule has 0 amide bonds.